The third-order valence-corrected chi connectivity index (χ3v) is 3.84. The van der Waals surface area contributed by atoms with E-state index in [-0.39, 0.29) is 0 Å². The van der Waals surface area contributed by atoms with E-state index < -0.39 is 0 Å². The highest BCUT2D eigenvalue weighted by molar-refractivity contribution is 9.12. The van der Waals surface area contributed by atoms with Gasteiger partial charge in [0.15, 0.2) is 0 Å². The molecule has 0 unspecified atom stereocenters. The SMILES string of the molecule is BrC1=C=C2C=CC=CCC2=CC2=C1C=CC=CC2. The van der Waals surface area contributed by atoms with Gasteiger partial charge in [-0.15, -0.1) is 0 Å². The van der Waals surface area contributed by atoms with Gasteiger partial charge in [0.25, 0.3) is 0 Å². The molecule has 3 rings (SSSR count). The maximum atomic E-state index is 3.66. The number of rotatable bonds is 0. The molecule has 0 saturated heterocycles. The maximum Gasteiger partial charge on any atom is 0.0675 e. The highest BCUT2D eigenvalue weighted by atomic mass is 79.9. The number of allylic oxidation sites excluding steroid dienone is 13. The Kier molecular flexibility index (Phi) is 3.19. The summed E-state index contributed by atoms with van der Waals surface area (Å²) in [4.78, 5) is 0. The zero-order valence-corrected chi connectivity index (χ0v) is 11.6. The van der Waals surface area contributed by atoms with Gasteiger partial charge < -0.3 is 0 Å². The van der Waals surface area contributed by atoms with Crippen LogP contribution < -0.4 is 0 Å². The number of halogens is 1. The monoisotopic (exact) mass is 296 g/mol. The molecule has 0 aromatic carbocycles. The Balaban J connectivity index is 2.20. The van der Waals surface area contributed by atoms with Crippen LogP contribution in [0.2, 0.25) is 0 Å². The normalized spacial score (nSPS) is 21.3. The lowest BCUT2D eigenvalue weighted by molar-refractivity contribution is 1.21. The topological polar surface area (TPSA) is 0 Å². The molecule has 0 aliphatic heterocycles. The Morgan fingerprint density at radius 3 is 2.61 bits per heavy atom. The van der Waals surface area contributed by atoms with E-state index in [9.17, 15) is 0 Å². The first-order chi connectivity index (χ1) is 8.84. The van der Waals surface area contributed by atoms with Gasteiger partial charge in [-0.2, -0.15) is 0 Å². The van der Waals surface area contributed by atoms with E-state index in [2.05, 4.69) is 76.3 Å². The molecule has 3 aliphatic carbocycles. The maximum absolute atomic E-state index is 3.66. The molecule has 0 heterocycles. The largest absolute Gasteiger partial charge is 0.0964 e. The first-order valence-electron chi connectivity index (χ1n) is 6.12. The predicted octanol–water partition coefficient (Wildman–Crippen LogP) is 5.06. The summed E-state index contributed by atoms with van der Waals surface area (Å²) in [6.45, 7) is 0. The van der Waals surface area contributed by atoms with Crippen molar-refractivity contribution in [3.05, 3.63) is 87.2 Å². The van der Waals surface area contributed by atoms with Gasteiger partial charge in [0.2, 0.25) is 0 Å². The van der Waals surface area contributed by atoms with Crippen molar-refractivity contribution < 1.29 is 0 Å². The molecule has 0 saturated carbocycles. The average Bonchev–Trinajstić information content (AvgIpc) is 2.74. The van der Waals surface area contributed by atoms with Crippen molar-refractivity contribution in [3.8, 4) is 0 Å². The lowest BCUT2D eigenvalue weighted by Crippen LogP contribution is -1.87. The lowest BCUT2D eigenvalue weighted by Gasteiger charge is -2.05. The van der Waals surface area contributed by atoms with Crippen molar-refractivity contribution in [2.75, 3.05) is 0 Å². The van der Waals surface area contributed by atoms with E-state index in [0.29, 0.717) is 0 Å². The second-order valence-electron chi connectivity index (χ2n) is 4.44. The van der Waals surface area contributed by atoms with Crippen molar-refractivity contribution in [2.24, 2.45) is 0 Å². The molecule has 18 heavy (non-hydrogen) atoms. The van der Waals surface area contributed by atoms with Crippen molar-refractivity contribution in [3.63, 3.8) is 0 Å². The first-order valence-corrected chi connectivity index (χ1v) is 6.91. The summed E-state index contributed by atoms with van der Waals surface area (Å²) in [7, 11) is 0. The molecule has 0 amide bonds. The minimum absolute atomic E-state index is 0.972. The van der Waals surface area contributed by atoms with Crippen LogP contribution in [0.5, 0.6) is 0 Å². The van der Waals surface area contributed by atoms with Crippen LogP contribution in [0, 0.1) is 0 Å². The van der Waals surface area contributed by atoms with Crippen LogP contribution in [-0.4, -0.2) is 0 Å². The average molecular weight is 297 g/mol. The second kappa shape index (κ2) is 4.97. The molecule has 0 atom stereocenters. The van der Waals surface area contributed by atoms with Gasteiger partial charge in [-0.3, -0.25) is 0 Å². The molecule has 0 bridgehead atoms. The van der Waals surface area contributed by atoms with Crippen molar-refractivity contribution in [1.29, 1.82) is 0 Å². The summed E-state index contributed by atoms with van der Waals surface area (Å²) in [6, 6.07) is 0. The van der Waals surface area contributed by atoms with E-state index in [1.54, 1.807) is 0 Å². The molecular weight excluding hydrogens is 284 g/mol. The minimum Gasteiger partial charge on any atom is -0.0964 e. The van der Waals surface area contributed by atoms with Crippen LogP contribution >= 0.6 is 15.9 Å². The fourth-order valence-electron chi connectivity index (χ4n) is 2.29. The van der Waals surface area contributed by atoms with Crippen LogP contribution in [0.3, 0.4) is 0 Å². The molecule has 0 aromatic rings. The molecule has 88 valence electrons. The van der Waals surface area contributed by atoms with Crippen LogP contribution in [-0.2, 0) is 0 Å². The summed E-state index contributed by atoms with van der Waals surface area (Å²) in [5.41, 5.74) is 8.58. The Labute approximate surface area is 116 Å². The summed E-state index contributed by atoms with van der Waals surface area (Å²) in [6.07, 6.45) is 21.3. The quantitative estimate of drug-likeness (QED) is 0.548. The summed E-state index contributed by atoms with van der Waals surface area (Å²) < 4.78 is 1.05. The number of hydrogen-bond donors (Lipinski definition) is 0. The molecule has 0 N–H and O–H groups in total. The molecule has 3 aliphatic rings. The molecular formula is C17H13Br. The van der Waals surface area contributed by atoms with Gasteiger partial charge in [0, 0.05) is 11.1 Å². The molecule has 0 aromatic heterocycles. The van der Waals surface area contributed by atoms with Gasteiger partial charge in [-0.25, -0.2) is 0 Å². The van der Waals surface area contributed by atoms with E-state index in [1.165, 1.54) is 22.3 Å². The van der Waals surface area contributed by atoms with Crippen LogP contribution in [0.4, 0.5) is 0 Å². The van der Waals surface area contributed by atoms with Gasteiger partial charge >= 0.3 is 0 Å². The third-order valence-electron chi connectivity index (χ3n) is 3.22. The standard InChI is InChI=1S/C17H13Br/c18-17-12-14-8-4-1-3-7-13(14)11-15-9-5-2-6-10-16(15)17/h1-6,8,10-11H,7,9H2. The fraction of sp³-hybridized carbons (Fsp3) is 0.118. The zero-order valence-electron chi connectivity index (χ0n) is 9.99. The van der Waals surface area contributed by atoms with E-state index >= 15 is 0 Å². The molecule has 0 fully saturated rings. The smallest absolute Gasteiger partial charge is 0.0675 e. The Bertz CT molecular complexity index is 625. The molecule has 0 nitrogen and oxygen atoms in total. The highest BCUT2D eigenvalue weighted by Crippen LogP contribution is 2.33. The second-order valence-corrected chi connectivity index (χ2v) is 5.24. The highest BCUT2D eigenvalue weighted by Gasteiger charge is 2.13. The van der Waals surface area contributed by atoms with Gasteiger partial charge in [-0.05, 0) is 46.0 Å². The van der Waals surface area contributed by atoms with Gasteiger partial charge in [-0.1, -0.05) is 54.3 Å². The Morgan fingerprint density at radius 1 is 0.944 bits per heavy atom. The fourth-order valence-corrected chi connectivity index (χ4v) is 2.89. The van der Waals surface area contributed by atoms with Crippen LogP contribution in [0.1, 0.15) is 12.8 Å². The van der Waals surface area contributed by atoms with Crippen molar-refractivity contribution >= 4 is 15.9 Å². The van der Waals surface area contributed by atoms with E-state index in [0.717, 1.165) is 17.3 Å². The third kappa shape index (κ3) is 2.20. The Morgan fingerprint density at radius 2 is 1.72 bits per heavy atom. The summed E-state index contributed by atoms with van der Waals surface area (Å²) >= 11 is 3.66. The lowest BCUT2D eigenvalue weighted by atomic mass is 10.00. The number of hydrogen-bond acceptors (Lipinski definition) is 0. The van der Waals surface area contributed by atoms with Crippen molar-refractivity contribution in [2.45, 2.75) is 12.8 Å². The predicted molar refractivity (Wildman–Crippen MR) is 80.4 cm³/mol. The van der Waals surface area contributed by atoms with Gasteiger partial charge in [0.05, 0.1) is 4.48 Å². The van der Waals surface area contributed by atoms with E-state index in [1.807, 2.05) is 0 Å². The van der Waals surface area contributed by atoms with E-state index in [4.69, 9.17) is 0 Å². The summed E-state index contributed by atoms with van der Waals surface area (Å²) in [5, 5.41) is 0. The molecule has 0 radical (unpaired) electrons. The van der Waals surface area contributed by atoms with Crippen LogP contribution in [0.25, 0.3) is 0 Å². The molecule has 0 spiro atoms. The zero-order chi connectivity index (χ0) is 12.4. The molecule has 1 heteroatoms. The van der Waals surface area contributed by atoms with Crippen LogP contribution in [0.15, 0.2) is 87.2 Å². The van der Waals surface area contributed by atoms with Crippen molar-refractivity contribution in [1.82, 2.24) is 0 Å². The number of fused-ring (bicyclic) bond motifs is 1. The van der Waals surface area contributed by atoms with Gasteiger partial charge in [0.1, 0.15) is 0 Å². The Hall–Kier alpha value is -1.56. The summed E-state index contributed by atoms with van der Waals surface area (Å²) in [5.74, 6) is 0. The first kappa shape index (κ1) is 11.5. The minimum atomic E-state index is 0.972.